The highest BCUT2D eigenvalue weighted by Crippen LogP contribution is 2.38. The summed E-state index contributed by atoms with van der Waals surface area (Å²) in [6, 6.07) is 10.0. The number of aromatic hydroxyl groups is 1. The monoisotopic (exact) mass is 519 g/mol. The normalized spacial score (nSPS) is 19.5. The summed E-state index contributed by atoms with van der Waals surface area (Å²) in [5.74, 6) is 1.11. The number of hydrazine groups is 1. The summed E-state index contributed by atoms with van der Waals surface area (Å²) in [5.41, 5.74) is 10.4. The highest BCUT2D eigenvalue weighted by Gasteiger charge is 2.27. The molecule has 8 heteroatoms. The van der Waals surface area contributed by atoms with Crippen molar-refractivity contribution in [3.05, 3.63) is 81.5 Å². The second-order valence-electron chi connectivity index (χ2n) is 10.2. The van der Waals surface area contributed by atoms with Crippen LogP contribution in [0.5, 0.6) is 5.75 Å². The van der Waals surface area contributed by atoms with E-state index in [9.17, 15) is 5.11 Å². The Hall–Kier alpha value is -3.13. The predicted octanol–water partition coefficient (Wildman–Crippen LogP) is 5.72. The van der Waals surface area contributed by atoms with E-state index in [0.29, 0.717) is 16.7 Å². The fraction of sp³-hybridized carbons (Fsp3) is 0.379. The molecular weight excluding hydrogens is 486 g/mol. The van der Waals surface area contributed by atoms with Crippen LogP contribution in [0.15, 0.2) is 59.8 Å². The minimum Gasteiger partial charge on any atom is -0.507 e. The Morgan fingerprint density at radius 3 is 2.22 bits per heavy atom. The van der Waals surface area contributed by atoms with Crippen molar-refractivity contribution >= 4 is 29.1 Å². The lowest BCUT2D eigenvalue weighted by Gasteiger charge is -2.35. The van der Waals surface area contributed by atoms with Crippen LogP contribution >= 0.6 is 11.6 Å². The second-order valence-corrected chi connectivity index (χ2v) is 10.7. The van der Waals surface area contributed by atoms with Crippen LogP contribution in [0.1, 0.15) is 42.4 Å². The number of fused-ring (bicyclic) bond motifs is 2. The van der Waals surface area contributed by atoms with Crippen molar-refractivity contribution in [1.29, 1.82) is 0 Å². The molecule has 6 rings (SSSR count). The van der Waals surface area contributed by atoms with Crippen LogP contribution in [0.4, 0.5) is 11.4 Å². The third-order valence-corrected chi connectivity index (χ3v) is 7.84. The number of ether oxygens (including phenoxy) is 1. The van der Waals surface area contributed by atoms with Crippen LogP contribution in [0.2, 0.25) is 5.02 Å². The molecule has 2 aromatic rings. The number of likely N-dealkylation sites (tertiary alicyclic amines) is 2. The molecule has 0 radical (unpaired) electrons. The smallest absolute Gasteiger partial charge is 0.213 e. The summed E-state index contributed by atoms with van der Waals surface area (Å²) in [5, 5.41) is 17.4. The Kier molecular flexibility index (Phi) is 6.76. The first kappa shape index (κ1) is 24.2. The summed E-state index contributed by atoms with van der Waals surface area (Å²) in [6.07, 6.45) is 11.0. The van der Waals surface area contributed by atoms with Crippen LogP contribution in [-0.4, -0.2) is 53.2 Å². The van der Waals surface area contributed by atoms with Gasteiger partial charge < -0.3 is 15.2 Å². The Bertz CT molecular complexity index is 1240. The van der Waals surface area contributed by atoms with Gasteiger partial charge in [0.2, 0.25) is 5.88 Å². The van der Waals surface area contributed by atoms with Gasteiger partial charge in [-0.2, -0.15) is 0 Å². The zero-order chi connectivity index (χ0) is 25.4. The number of hydrogen-bond donors (Lipinski definition) is 3. The number of rotatable bonds is 7. The average molecular weight is 520 g/mol. The van der Waals surface area contributed by atoms with E-state index in [-0.39, 0.29) is 0 Å². The minimum atomic E-state index is 0.426. The molecule has 0 saturated carbocycles. The molecule has 4 aliphatic rings. The van der Waals surface area contributed by atoms with Crippen LogP contribution in [0.3, 0.4) is 0 Å². The highest BCUT2D eigenvalue weighted by molar-refractivity contribution is 6.31. The molecule has 7 nitrogen and oxygen atoms in total. The Morgan fingerprint density at radius 1 is 0.946 bits per heavy atom. The van der Waals surface area contributed by atoms with Crippen molar-refractivity contribution in [2.75, 3.05) is 44.0 Å². The summed E-state index contributed by atoms with van der Waals surface area (Å²) in [6.45, 7) is 5.83. The molecule has 3 N–H and O–H groups in total. The van der Waals surface area contributed by atoms with Crippen molar-refractivity contribution in [1.82, 2.24) is 14.8 Å². The highest BCUT2D eigenvalue weighted by atomic mass is 35.5. The molecule has 0 aromatic heterocycles. The summed E-state index contributed by atoms with van der Waals surface area (Å²) < 4.78 is 5.76. The topological polar surface area (TPSA) is 63.2 Å². The fourth-order valence-corrected chi connectivity index (χ4v) is 5.86. The lowest BCUT2D eigenvalue weighted by Crippen LogP contribution is -2.34. The quantitative estimate of drug-likeness (QED) is 0.404. The molecule has 37 heavy (non-hydrogen) atoms. The van der Waals surface area contributed by atoms with Crippen molar-refractivity contribution in [3.8, 4) is 5.75 Å². The molecule has 0 amide bonds. The zero-order valence-corrected chi connectivity index (χ0v) is 22.0. The van der Waals surface area contributed by atoms with Crippen molar-refractivity contribution < 1.29 is 9.84 Å². The lowest BCUT2D eigenvalue weighted by atomic mass is 10.0. The number of phenols is 1. The maximum Gasteiger partial charge on any atom is 0.213 e. The number of nitrogens with zero attached hydrogens (tertiary/aromatic N) is 3. The Labute approximate surface area is 223 Å². The number of nitrogens with one attached hydrogen (secondary N) is 2. The average Bonchev–Trinajstić information content (AvgIpc) is 3.60. The molecule has 194 valence electrons. The molecular formula is C29H34ClN5O2. The van der Waals surface area contributed by atoms with E-state index < -0.39 is 0 Å². The van der Waals surface area contributed by atoms with E-state index in [1.807, 2.05) is 35.4 Å². The minimum absolute atomic E-state index is 0.426. The van der Waals surface area contributed by atoms with E-state index >= 15 is 0 Å². The van der Waals surface area contributed by atoms with Gasteiger partial charge in [0.15, 0.2) is 0 Å². The molecule has 2 fully saturated rings. The molecule has 4 heterocycles. The van der Waals surface area contributed by atoms with Gasteiger partial charge in [-0.15, -0.1) is 0 Å². The number of halogens is 1. The van der Waals surface area contributed by atoms with Gasteiger partial charge in [-0.3, -0.25) is 15.2 Å². The van der Waals surface area contributed by atoms with Crippen LogP contribution < -0.4 is 10.7 Å². The van der Waals surface area contributed by atoms with Crippen LogP contribution in [-0.2, 0) is 17.8 Å². The van der Waals surface area contributed by atoms with Gasteiger partial charge in [0, 0.05) is 46.6 Å². The lowest BCUT2D eigenvalue weighted by molar-refractivity contribution is 0.197. The Balaban J connectivity index is 1.35. The number of phenolic OH excluding ortho intramolecular Hbond substituents is 1. The third kappa shape index (κ3) is 5.04. The van der Waals surface area contributed by atoms with Gasteiger partial charge >= 0.3 is 0 Å². The maximum atomic E-state index is 11.3. The number of benzene rings is 2. The fourth-order valence-electron chi connectivity index (χ4n) is 5.69. The molecule has 0 aliphatic carbocycles. The number of allylic oxidation sites excluding steroid dienone is 2. The standard InChI is InChI=1S/C29H34ClN5O2/c1-37-28-9-8-25-27(16-20-6-7-23(30)17-26(20)31-25)35(28)32-24-14-21(18-33-10-2-3-11-33)29(36)22(15-24)19-34-12-4-5-13-34/h6-9,14-17,31-32,36H,2-5,10-13,18-19H2,1H3. The molecule has 0 spiro atoms. The van der Waals surface area contributed by atoms with Crippen LogP contribution in [0.25, 0.3) is 6.08 Å². The zero-order valence-electron chi connectivity index (χ0n) is 21.3. The van der Waals surface area contributed by atoms with E-state index in [4.69, 9.17) is 16.3 Å². The van der Waals surface area contributed by atoms with E-state index in [2.05, 4.69) is 38.8 Å². The largest absolute Gasteiger partial charge is 0.507 e. The maximum absolute atomic E-state index is 11.3. The van der Waals surface area contributed by atoms with Crippen molar-refractivity contribution in [3.63, 3.8) is 0 Å². The van der Waals surface area contributed by atoms with Crippen LogP contribution in [0, 0.1) is 0 Å². The molecule has 0 atom stereocenters. The second kappa shape index (κ2) is 10.3. The van der Waals surface area contributed by atoms with Gasteiger partial charge in [0.05, 0.1) is 24.2 Å². The summed E-state index contributed by atoms with van der Waals surface area (Å²) in [7, 11) is 1.68. The number of hydrogen-bond acceptors (Lipinski definition) is 7. The van der Waals surface area contributed by atoms with Gasteiger partial charge in [0.25, 0.3) is 0 Å². The van der Waals surface area contributed by atoms with Gasteiger partial charge in [0.1, 0.15) is 5.75 Å². The first-order chi connectivity index (χ1) is 18.1. The number of methoxy groups -OCH3 is 1. The van der Waals surface area contributed by atoms with Gasteiger partial charge in [-0.1, -0.05) is 17.7 Å². The van der Waals surface area contributed by atoms with Gasteiger partial charge in [-0.25, -0.2) is 5.01 Å². The Morgan fingerprint density at radius 2 is 1.59 bits per heavy atom. The first-order valence-electron chi connectivity index (χ1n) is 13.2. The van der Waals surface area contributed by atoms with Gasteiger partial charge in [-0.05, 0) is 88.3 Å². The predicted molar refractivity (Wildman–Crippen MR) is 149 cm³/mol. The molecule has 0 bridgehead atoms. The molecule has 2 aromatic carbocycles. The molecule has 4 aliphatic heterocycles. The molecule has 0 unspecified atom stereocenters. The SMILES string of the molecule is COC1=CC=C2Nc3cc(Cl)ccc3C=C2N1Nc1cc(CN2CCCC2)c(O)c(CN2CCCC2)c1. The van der Waals surface area contributed by atoms with E-state index in [1.165, 1.54) is 25.7 Å². The first-order valence-corrected chi connectivity index (χ1v) is 13.6. The summed E-state index contributed by atoms with van der Waals surface area (Å²) in [4.78, 5) is 4.85. The third-order valence-electron chi connectivity index (χ3n) is 7.61. The number of anilines is 2. The van der Waals surface area contributed by atoms with Crippen molar-refractivity contribution in [2.24, 2.45) is 0 Å². The van der Waals surface area contributed by atoms with E-state index in [0.717, 1.165) is 78.7 Å². The van der Waals surface area contributed by atoms with E-state index in [1.54, 1.807) is 7.11 Å². The molecule has 2 saturated heterocycles. The summed E-state index contributed by atoms with van der Waals surface area (Å²) >= 11 is 6.24. The van der Waals surface area contributed by atoms with Crippen molar-refractivity contribution in [2.45, 2.75) is 38.8 Å².